The first-order valence-corrected chi connectivity index (χ1v) is 6.90. The van der Waals surface area contributed by atoms with Crippen molar-refractivity contribution in [1.29, 1.82) is 0 Å². The molecule has 0 saturated heterocycles. The van der Waals surface area contributed by atoms with Gasteiger partial charge in [-0.15, -0.1) is 11.8 Å². The summed E-state index contributed by atoms with van der Waals surface area (Å²) in [4.78, 5) is 16.8. The van der Waals surface area contributed by atoms with Gasteiger partial charge in [-0.1, -0.05) is 6.07 Å². The molecule has 1 aromatic carbocycles. The van der Waals surface area contributed by atoms with E-state index in [1.807, 2.05) is 41.3 Å². The summed E-state index contributed by atoms with van der Waals surface area (Å²) in [7, 11) is 0. The van der Waals surface area contributed by atoms with E-state index in [0.717, 1.165) is 10.6 Å². The van der Waals surface area contributed by atoms with Gasteiger partial charge < -0.3 is 9.88 Å². The molecule has 0 aliphatic rings. The molecule has 0 unspecified atom stereocenters. The molecule has 0 bridgehead atoms. The second kappa shape index (κ2) is 6.26. The van der Waals surface area contributed by atoms with Crippen molar-refractivity contribution in [3.63, 3.8) is 0 Å². The van der Waals surface area contributed by atoms with Crippen LogP contribution in [0.1, 0.15) is 6.42 Å². The quantitative estimate of drug-likeness (QED) is 0.842. The number of rotatable bonds is 5. The summed E-state index contributed by atoms with van der Waals surface area (Å²) < 4.78 is 1.89. The number of carbonyl (C=O) groups excluding carboxylic acids is 1. The minimum absolute atomic E-state index is 0.0157. The summed E-state index contributed by atoms with van der Waals surface area (Å²) in [6, 6.07) is 7.83. The Morgan fingerprint density at radius 3 is 3.11 bits per heavy atom. The number of nitrogens with zero attached hydrogens (tertiary/aromatic N) is 2. The molecule has 0 aliphatic carbocycles. The number of aryl methyl sites for hydroxylation is 1. The van der Waals surface area contributed by atoms with Crippen molar-refractivity contribution in [2.75, 3.05) is 11.6 Å². The van der Waals surface area contributed by atoms with Crippen LogP contribution in [0.15, 0.2) is 47.9 Å². The Balaban J connectivity index is 1.86. The van der Waals surface area contributed by atoms with Gasteiger partial charge >= 0.3 is 0 Å². The zero-order valence-electron chi connectivity index (χ0n) is 10.2. The van der Waals surface area contributed by atoms with E-state index in [0.29, 0.717) is 13.0 Å². The summed E-state index contributed by atoms with van der Waals surface area (Å²) in [5.41, 5.74) is 0.845. The van der Waals surface area contributed by atoms with Crippen molar-refractivity contribution in [2.45, 2.75) is 17.9 Å². The van der Waals surface area contributed by atoms with Gasteiger partial charge in [-0.05, 0) is 24.5 Å². The lowest BCUT2D eigenvalue weighted by molar-refractivity contribution is -0.116. The number of thioether (sulfide) groups is 1. The lowest BCUT2D eigenvalue weighted by Crippen LogP contribution is -2.13. The van der Waals surface area contributed by atoms with Crippen LogP contribution in [-0.2, 0) is 11.3 Å². The van der Waals surface area contributed by atoms with E-state index in [1.165, 1.54) is 0 Å². The van der Waals surface area contributed by atoms with Crippen LogP contribution in [0.5, 0.6) is 0 Å². The predicted octanol–water partition coefficient (Wildman–Crippen LogP) is 2.63. The van der Waals surface area contributed by atoms with Crippen LogP contribution in [0, 0.1) is 0 Å². The highest BCUT2D eigenvalue weighted by Gasteiger charge is 2.03. The third-order valence-electron chi connectivity index (χ3n) is 2.51. The minimum atomic E-state index is 0.0157. The maximum atomic E-state index is 11.8. The minimum Gasteiger partial charge on any atom is -0.337 e. The summed E-state index contributed by atoms with van der Waals surface area (Å²) >= 11 is 1.66. The molecular formula is C13H15N3OS. The summed E-state index contributed by atoms with van der Waals surface area (Å²) in [6.45, 7) is 0.647. The van der Waals surface area contributed by atoms with Gasteiger partial charge in [-0.2, -0.15) is 0 Å². The SMILES string of the molecule is CSc1cccc(NC(=O)CCn2ccnc2)c1. The molecule has 0 radical (unpaired) electrons. The van der Waals surface area contributed by atoms with E-state index in [4.69, 9.17) is 0 Å². The fraction of sp³-hybridized carbons (Fsp3) is 0.231. The Bertz CT molecular complexity index is 511. The van der Waals surface area contributed by atoms with E-state index >= 15 is 0 Å². The van der Waals surface area contributed by atoms with E-state index < -0.39 is 0 Å². The van der Waals surface area contributed by atoms with Gasteiger partial charge in [-0.25, -0.2) is 4.98 Å². The van der Waals surface area contributed by atoms with Gasteiger partial charge in [0.05, 0.1) is 6.33 Å². The van der Waals surface area contributed by atoms with Crippen LogP contribution >= 0.6 is 11.8 Å². The molecule has 0 spiro atoms. The third-order valence-corrected chi connectivity index (χ3v) is 3.24. The highest BCUT2D eigenvalue weighted by molar-refractivity contribution is 7.98. The van der Waals surface area contributed by atoms with Crippen molar-refractivity contribution < 1.29 is 4.79 Å². The summed E-state index contributed by atoms with van der Waals surface area (Å²) in [5.74, 6) is 0.0157. The average Bonchev–Trinajstić information content (AvgIpc) is 2.90. The Labute approximate surface area is 110 Å². The number of hydrogen-bond acceptors (Lipinski definition) is 3. The van der Waals surface area contributed by atoms with Crippen molar-refractivity contribution in [3.05, 3.63) is 43.0 Å². The lowest BCUT2D eigenvalue weighted by Gasteiger charge is -2.06. The van der Waals surface area contributed by atoms with E-state index in [2.05, 4.69) is 10.3 Å². The third kappa shape index (κ3) is 3.63. The first-order valence-electron chi connectivity index (χ1n) is 5.67. The van der Waals surface area contributed by atoms with E-state index in [9.17, 15) is 4.79 Å². The summed E-state index contributed by atoms with van der Waals surface area (Å²) in [5, 5.41) is 2.89. The van der Waals surface area contributed by atoms with Crippen molar-refractivity contribution in [3.8, 4) is 0 Å². The van der Waals surface area contributed by atoms with Crippen LogP contribution in [0.3, 0.4) is 0 Å². The zero-order valence-corrected chi connectivity index (χ0v) is 11.0. The number of benzene rings is 1. The maximum Gasteiger partial charge on any atom is 0.226 e. The van der Waals surface area contributed by atoms with Crippen molar-refractivity contribution in [2.24, 2.45) is 0 Å². The van der Waals surface area contributed by atoms with Gasteiger partial charge in [0.2, 0.25) is 5.91 Å². The Hall–Kier alpha value is -1.75. The molecule has 2 rings (SSSR count). The number of hydrogen-bond donors (Lipinski definition) is 1. The molecule has 0 atom stereocenters. The smallest absolute Gasteiger partial charge is 0.226 e. The number of carbonyl (C=O) groups is 1. The fourth-order valence-corrected chi connectivity index (χ4v) is 2.03. The van der Waals surface area contributed by atoms with Crippen LogP contribution in [-0.4, -0.2) is 21.7 Å². The molecule has 1 amide bonds. The number of amides is 1. The van der Waals surface area contributed by atoms with Gasteiger partial charge in [0.15, 0.2) is 0 Å². The molecule has 0 saturated carbocycles. The largest absolute Gasteiger partial charge is 0.337 e. The number of anilines is 1. The lowest BCUT2D eigenvalue weighted by atomic mass is 10.3. The first kappa shape index (κ1) is 12.7. The normalized spacial score (nSPS) is 10.3. The van der Waals surface area contributed by atoms with Crippen LogP contribution in [0.4, 0.5) is 5.69 Å². The Kier molecular flexibility index (Phi) is 4.41. The standard InChI is InChI=1S/C13H15N3OS/c1-18-12-4-2-3-11(9-12)15-13(17)5-7-16-8-6-14-10-16/h2-4,6,8-10H,5,7H2,1H3,(H,15,17). The second-order valence-electron chi connectivity index (χ2n) is 3.83. The molecule has 18 heavy (non-hydrogen) atoms. The van der Waals surface area contributed by atoms with Crippen LogP contribution in [0.2, 0.25) is 0 Å². The zero-order chi connectivity index (χ0) is 12.8. The molecule has 2 aromatic rings. The predicted molar refractivity (Wildman–Crippen MR) is 73.7 cm³/mol. The Morgan fingerprint density at radius 1 is 1.50 bits per heavy atom. The van der Waals surface area contributed by atoms with Crippen molar-refractivity contribution in [1.82, 2.24) is 9.55 Å². The van der Waals surface area contributed by atoms with E-state index in [1.54, 1.807) is 24.3 Å². The highest BCUT2D eigenvalue weighted by Crippen LogP contribution is 2.18. The van der Waals surface area contributed by atoms with Crippen LogP contribution in [0.25, 0.3) is 0 Å². The molecule has 4 nitrogen and oxygen atoms in total. The average molecular weight is 261 g/mol. The molecule has 1 N–H and O–H groups in total. The van der Waals surface area contributed by atoms with Gasteiger partial charge in [-0.3, -0.25) is 4.79 Å². The topological polar surface area (TPSA) is 46.9 Å². The van der Waals surface area contributed by atoms with Gasteiger partial charge in [0.1, 0.15) is 0 Å². The highest BCUT2D eigenvalue weighted by atomic mass is 32.2. The molecule has 1 heterocycles. The molecular weight excluding hydrogens is 246 g/mol. The number of nitrogens with one attached hydrogen (secondary N) is 1. The summed E-state index contributed by atoms with van der Waals surface area (Å²) in [6.07, 6.45) is 7.73. The molecule has 5 heteroatoms. The van der Waals surface area contributed by atoms with Gasteiger partial charge in [0, 0.05) is 35.9 Å². The van der Waals surface area contributed by atoms with E-state index in [-0.39, 0.29) is 5.91 Å². The molecule has 0 fully saturated rings. The second-order valence-corrected chi connectivity index (χ2v) is 4.71. The first-order chi connectivity index (χ1) is 8.78. The Morgan fingerprint density at radius 2 is 2.39 bits per heavy atom. The van der Waals surface area contributed by atoms with Crippen LogP contribution < -0.4 is 5.32 Å². The van der Waals surface area contributed by atoms with Crippen molar-refractivity contribution >= 4 is 23.4 Å². The fourth-order valence-electron chi connectivity index (χ4n) is 1.57. The maximum absolute atomic E-state index is 11.8. The molecule has 1 aromatic heterocycles. The number of aromatic nitrogens is 2. The molecule has 0 aliphatic heterocycles. The number of imidazole rings is 1. The monoisotopic (exact) mass is 261 g/mol. The van der Waals surface area contributed by atoms with Gasteiger partial charge in [0.25, 0.3) is 0 Å². The molecule has 94 valence electrons.